The zero-order chi connectivity index (χ0) is 13.5. The molecule has 0 spiro atoms. The third-order valence-corrected chi connectivity index (χ3v) is 3.66. The second kappa shape index (κ2) is 7.95. The van der Waals surface area contributed by atoms with Crippen LogP contribution in [0.25, 0.3) is 0 Å². The Balaban J connectivity index is 4.34. The van der Waals surface area contributed by atoms with Crippen molar-refractivity contribution in [3.8, 4) is 0 Å². The Morgan fingerprint density at radius 2 is 2.06 bits per heavy atom. The monoisotopic (exact) mass is 263 g/mol. The van der Waals surface area contributed by atoms with Gasteiger partial charge in [-0.05, 0) is 32.9 Å². The summed E-state index contributed by atoms with van der Waals surface area (Å²) in [5.74, 6) is 0.580. The van der Waals surface area contributed by atoms with E-state index in [-0.39, 0.29) is 23.9 Å². The highest BCUT2D eigenvalue weighted by Crippen LogP contribution is 2.19. The number of methoxy groups -OCH3 is 1. The fourth-order valence-electron chi connectivity index (χ4n) is 1.61. The number of esters is 1. The molecule has 2 unspecified atom stereocenters. The van der Waals surface area contributed by atoms with Gasteiger partial charge in [0, 0.05) is 11.3 Å². The van der Waals surface area contributed by atoms with Gasteiger partial charge >= 0.3 is 5.97 Å². The van der Waals surface area contributed by atoms with E-state index in [1.807, 2.05) is 27.7 Å². The zero-order valence-corrected chi connectivity index (χ0v) is 12.3. The molecule has 0 aliphatic heterocycles. The third-order valence-electron chi connectivity index (χ3n) is 2.50. The number of ether oxygens (including phenoxy) is 1. The molecule has 0 bridgehead atoms. The van der Waals surface area contributed by atoms with E-state index in [1.54, 1.807) is 11.8 Å². The number of hydrogen-bond acceptors (Lipinski definition) is 5. The summed E-state index contributed by atoms with van der Waals surface area (Å²) in [6.07, 6.45) is 0.687. The lowest BCUT2D eigenvalue weighted by Gasteiger charge is -2.30. The summed E-state index contributed by atoms with van der Waals surface area (Å²) in [6.45, 7) is 8.01. The minimum atomic E-state index is -0.648. The Labute approximate surface area is 108 Å². The van der Waals surface area contributed by atoms with E-state index >= 15 is 0 Å². The maximum absolute atomic E-state index is 11.8. The lowest BCUT2D eigenvalue weighted by atomic mass is 9.98. The Morgan fingerprint density at radius 3 is 2.47 bits per heavy atom. The fourth-order valence-corrected chi connectivity index (χ4v) is 2.65. The first-order valence-electron chi connectivity index (χ1n) is 5.94. The molecule has 0 rings (SSSR count). The van der Waals surface area contributed by atoms with Crippen molar-refractivity contribution in [1.82, 2.24) is 5.32 Å². The predicted molar refractivity (Wildman–Crippen MR) is 72.3 cm³/mol. The van der Waals surface area contributed by atoms with Gasteiger partial charge in [0.25, 0.3) is 0 Å². The summed E-state index contributed by atoms with van der Waals surface area (Å²) in [4.78, 5) is 11.8. The molecule has 0 aromatic rings. The molecule has 0 aliphatic rings. The molecule has 0 fully saturated rings. The summed E-state index contributed by atoms with van der Waals surface area (Å²) < 4.78 is 4.84. The van der Waals surface area contributed by atoms with E-state index in [4.69, 9.17) is 9.84 Å². The van der Waals surface area contributed by atoms with E-state index in [9.17, 15) is 4.79 Å². The fraction of sp³-hybridized carbons (Fsp3) is 0.917. The van der Waals surface area contributed by atoms with Gasteiger partial charge in [-0.15, -0.1) is 0 Å². The van der Waals surface area contributed by atoms with Crippen LogP contribution in [-0.2, 0) is 9.53 Å². The van der Waals surface area contributed by atoms with Crippen LogP contribution in [0.3, 0.4) is 0 Å². The smallest absolute Gasteiger partial charge is 0.325 e. The van der Waals surface area contributed by atoms with Crippen LogP contribution in [0.5, 0.6) is 0 Å². The number of aliphatic hydroxyl groups is 1. The minimum absolute atomic E-state index is 0.164. The van der Waals surface area contributed by atoms with E-state index < -0.39 is 5.54 Å². The number of thioether (sulfide) groups is 1. The number of aliphatic hydroxyl groups excluding tert-OH is 1. The van der Waals surface area contributed by atoms with Crippen LogP contribution in [0.15, 0.2) is 0 Å². The number of hydrogen-bond donors (Lipinski definition) is 2. The average molecular weight is 263 g/mol. The summed E-state index contributed by atoms with van der Waals surface area (Å²) in [6, 6.07) is 0.222. The lowest BCUT2D eigenvalue weighted by Crippen LogP contribution is -2.53. The van der Waals surface area contributed by atoms with Crippen LogP contribution in [-0.4, -0.2) is 47.4 Å². The summed E-state index contributed by atoms with van der Waals surface area (Å²) in [5, 5.41) is 12.4. The van der Waals surface area contributed by atoms with Crippen molar-refractivity contribution < 1.29 is 14.6 Å². The molecule has 5 heteroatoms. The SMILES string of the molecule is COC(=O)C(C)(CCSC(C)CO)NC(C)C. The van der Waals surface area contributed by atoms with Crippen LogP contribution < -0.4 is 5.32 Å². The van der Waals surface area contributed by atoms with Gasteiger partial charge in [0.2, 0.25) is 0 Å². The first-order chi connectivity index (χ1) is 7.85. The molecular weight excluding hydrogens is 238 g/mol. The van der Waals surface area contributed by atoms with E-state index in [0.29, 0.717) is 6.42 Å². The molecule has 17 heavy (non-hydrogen) atoms. The first-order valence-corrected chi connectivity index (χ1v) is 6.99. The average Bonchev–Trinajstić information content (AvgIpc) is 2.26. The first kappa shape index (κ1) is 16.7. The molecule has 0 aliphatic carbocycles. The second-order valence-corrected chi connectivity index (χ2v) is 6.28. The number of nitrogens with one attached hydrogen (secondary N) is 1. The normalized spacial score (nSPS) is 16.6. The summed E-state index contributed by atoms with van der Waals surface area (Å²) in [7, 11) is 1.41. The largest absolute Gasteiger partial charge is 0.468 e. The molecular formula is C12H25NO3S. The summed E-state index contributed by atoms with van der Waals surface area (Å²) in [5.41, 5.74) is -0.648. The van der Waals surface area contributed by atoms with Crippen LogP contribution in [0.1, 0.15) is 34.1 Å². The van der Waals surface area contributed by atoms with E-state index in [2.05, 4.69) is 5.32 Å². The quantitative estimate of drug-likeness (QED) is 0.649. The van der Waals surface area contributed by atoms with Crippen molar-refractivity contribution in [1.29, 1.82) is 0 Å². The number of carbonyl (C=O) groups is 1. The maximum Gasteiger partial charge on any atom is 0.325 e. The third kappa shape index (κ3) is 6.29. The Kier molecular flexibility index (Phi) is 7.83. The number of carbonyl (C=O) groups excluding carboxylic acids is 1. The van der Waals surface area contributed by atoms with Crippen molar-refractivity contribution in [2.45, 2.75) is 50.9 Å². The molecule has 0 heterocycles. The molecule has 0 aromatic carbocycles. The Hall–Kier alpha value is -0.260. The molecule has 0 radical (unpaired) electrons. The minimum Gasteiger partial charge on any atom is -0.468 e. The Bertz CT molecular complexity index is 236. The zero-order valence-electron chi connectivity index (χ0n) is 11.4. The predicted octanol–water partition coefficient (Wildman–Crippen LogP) is 1.42. The molecule has 0 saturated carbocycles. The standard InChI is InChI=1S/C12H25NO3S/c1-9(2)13-12(4,11(15)16-5)6-7-17-10(3)8-14/h9-10,13-14H,6-8H2,1-5H3. The lowest BCUT2D eigenvalue weighted by molar-refractivity contribution is -0.148. The van der Waals surface area contributed by atoms with Gasteiger partial charge in [-0.3, -0.25) is 10.1 Å². The summed E-state index contributed by atoms with van der Waals surface area (Å²) >= 11 is 1.66. The highest BCUT2D eigenvalue weighted by atomic mass is 32.2. The number of rotatable bonds is 8. The van der Waals surface area contributed by atoms with Crippen molar-refractivity contribution >= 4 is 17.7 Å². The van der Waals surface area contributed by atoms with Crippen LogP contribution in [0, 0.1) is 0 Å². The van der Waals surface area contributed by atoms with Gasteiger partial charge in [0.1, 0.15) is 5.54 Å². The van der Waals surface area contributed by atoms with E-state index in [1.165, 1.54) is 7.11 Å². The van der Waals surface area contributed by atoms with Crippen molar-refractivity contribution in [2.75, 3.05) is 19.5 Å². The van der Waals surface area contributed by atoms with Gasteiger partial charge in [0.05, 0.1) is 13.7 Å². The Morgan fingerprint density at radius 1 is 1.47 bits per heavy atom. The molecule has 4 nitrogen and oxygen atoms in total. The van der Waals surface area contributed by atoms with E-state index in [0.717, 1.165) is 5.75 Å². The molecule has 0 amide bonds. The topological polar surface area (TPSA) is 58.6 Å². The van der Waals surface area contributed by atoms with Gasteiger partial charge in [-0.2, -0.15) is 11.8 Å². The van der Waals surface area contributed by atoms with Gasteiger partial charge in [-0.25, -0.2) is 0 Å². The van der Waals surface area contributed by atoms with Crippen LogP contribution in [0.2, 0.25) is 0 Å². The van der Waals surface area contributed by atoms with Gasteiger partial charge in [-0.1, -0.05) is 6.92 Å². The maximum atomic E-state index is 11.8. The van der Waals surface area contributed by atoms with Crippen LogP contribution in [0.4, 0.5) is 0 Å². The molecule has 2 atom stereocenters. The van der Waals surface area contributed by atoms with Gasteiger partial charge in [0.15, 0.2) is 0 Å². The van der Waals surface area contributed by atoms with Gasteiger partial charge < -0.3 is 9.84 Å². The van der Waals surface area contributed by atoms with Crippen molar-refractivity contribution in [2.24, 2.45) is 0 Å². The molecule has 0 saturated heterocycles. The van der Waals surface area contributed by atoms with Crippen molar-refractivity contribution in [3.05, 3.63) is 0 Å². The molecule has 2 N–H and O–H groups in total. The molecule has 0 aromatic heterocycles. The highest BCUT2D eigenvalue weighted by Gasteiger charge is 2.34. The second-order valence-electron chi connectivity index (χ2n) is 4.74. The molecule has 102 valence electrons. The van der Waals surface area contributed by atoms with Crippen molar-refractivity contribution in [3.63, 3.8) is 0 Å². The van der Waals surface area contributed by atoms with Crippen LogP contribution >= 0.6 is 11.8 Å². The highest BCUT2D eigenvalue weighted by molar-refractivity contribution is 7.99.